The fourth-order valence-corrected chi connectivity index (χ4v) is 3.42. The highest BCUT2D eigenvalue weighted by atomic mass is 16.5. The summed E-state index contributed by atoms with van der Waals surface area (Å²) < 4.78 is 6.74. The highest BCUT2D eigenvalue weighted by Gasteiger charge is 2.22. The molecule has 144 valence electrons. The van der Waals surface area contributed by atoms with Gasteiger partial charge in [-0.1, -0.05) is 18.2 Å². The minimum Gasteiger partial charge on any atom is -0.496 e. The first-order valence-corrected chi connectivity index (χ1v) is 9.34. The van der Waals surface area contributed by atoms with Crippen LogP contribution in [-0.2, 0) is 17.8 Å². The number of ether oxygens (including phenoxy) is 1. The molecule has 0 radical (unpaired) electrons. The molecule has 0 bridgehead atoms. The number of aromatic nitrogens is 2. The van der Waals surface area contributed by atoms with Crippen LogP contribution in [0.5, 0.6) is 5.75 Å². The van der Waals surface area contributed by atoms with Crippen LogP contribution in [0.25, 0.3) is 0 Å². The second-order valence-electron chi connectivity index (χ2n) is 6.69. The normalized spacial score (nSPS) is 14.8. The number of benzene rings is 1. The first-order chi connectivity index (χ1) is 13.1. The fourth-order valence-electron chi connectivity index (χ4n) is 3.42. The summed E-state index contributed by atoms with van der Waals surface area (Å²) in [6, 6.07) is 9.35. The standard InChI is InChI=1S/C20H26N4O3/c1-3-24-20(26)13-17(14-21-24)23-10-8-16(9-11-23)22-19(25)12-15-6-4-5-7-18(15)27-2/h4-7,13-14,16H,3,8-12H2,1-2H3,(H,22,25). The lowest BCUT2D eigenvalue weighted by atomic mass is 10.0. The first-order valence-electron chi connectivity index (χ1n) is 9.34. The number of nitrogens with one attached hydrogen (secondary N) is 1. The maximum Gasteiger partial charge on any atom is 0.268 e. The molecule has 0 unspecified atom stereocenters. The molecule has 1 saturated heterocycles. The molecular formula is C20H26N4O3. The first kappa shape index (κ1) is 18.9. The second kappa shape index (κ2) is 8.70. The molecule has 2 heterocycles. The Morgan fingerprint density at radius 3 is 2.70 bits per heavy atom. The molecule has 1 aliphatic heterocycles. The van der Waals surface area contributed by atoms with Gasteiger partial charge in [0.05, 0.1) is 25.4 Å². The van der Waals surface area contributed by atoms with Gasteiger partial charge < -0.3 is 15.0 Å². The summed E-state index contributed by atoms with van der Waals surface area (Å²) in [5.74, 6) is 0.738. The predicted molar refractivity (Wildman–Crippen MR) is 104 cm³/mol. The topological polar surface area (TPSA) is 76.5 Å². The molecule has 7 heteroatoms. The molecule has 1 aromatic heterocycles. The highest BCUT2D eigenvalue weighted by molar-refractivity contribution is 5.79. The van der Waals surface area contributed by atoms with Crippen LogP contribution in [-0.4, -0.2) is 41.9 Å². The monoisotopic (exact) mass is 370 g/mol. The largest absolute Gasteiger partial charge is 0.496 e. The van der Waals surface area contributed by atoms with Crippen LogP contribution in [0.4, 0.5) is 5.69 Å². The third kappa shape index (κ3) is 4.67. The van der Waals surface area contributed by atoms with Crippen molar-refractivity contribution in [2.45, 2.75) is 38.8 Å². The maximum atomic E-state index is 12.4. The Balaban J connectivity index is 1.52. The van der Waals surface area contributed by atoms with Crippen LogP contribution in [0.15, 0.2) is 41.3 Å². The van der Waals surface area contributed by atoms with E-state index in [0.717, 1.165) is 42.9 Å². The molecule has 1 N–H and O–H groups in total. The summed E-state index contributed by atoms with van der Waals surface area (Å²) in [5, 5.41) is 7.30. The number of hydrogen-bond donors (Lipinski definition) is 1. The number of piperidine rings is 1. The number of nitrogens with zero attached hydrogens (tertiary/aromatic N) is 3. The molecule has 2 aromatic rings. The summed E-state index contributed by atoms with van der Waals surface area (Å²) in [4.78, 5) is 26.5. The van der Waals surface area contributed by atoms with E-state index in [0.29, 0.717) is 13.0 Å². The number of carbonyl (C=O) groups excluding carboxylic acids is 1. The molecule has 27 heavy (non-hydrogen) atoms. The Morgan fingerprint density at radius 2 is 2.04 bits per heavy atom. The molecule has 0 spiro atoms. The zero-order chi connectivity index (χ0) is 19.2. The Bertz CT molecular complexity index is 841. The summed E-state index contributed by atoms with van der Waals surface area (Å²) in [6.45, 7) is 4.04. The molecule has 0 saturated carbocycles. The minimum absolute atomic E-state index is 0.00478. The Labute approximate surface area is 158 Å². The summed E-state index contributed by atoms with van der Waals surface area (Å²) >= 11 is 0. The van der Waals surface area contributed by atoms with E-state index in [1.54, 1.807) is 19.4 Å². The number of para-hydroxylation sites is 1. The van der Waals surface area contributed by atoms with Gasteiger partial charge in [0.2, 0.25) is 5.91 Å². The molecule has 1 fully saturated rings. The van der Waals surface area contributed by atoms with Crippen LogP contribution in [0.1, 0.15) is 25.3 Å². The SMILES string of the molecule is CCn1ncc(N2CCC(NC(=O)Cc3ccccc3OC)CC2)cc1=O. The van der Waals surface area contributed by atoms with E-state index in [1.807, 2.05) is 31.2 Å². The van der Waals surface area contributed by atoms with Crippen molar-refractivity contribution in [1.29, 1.82) is 0 Å². The van der Waals surface area contributed by atoms with Crippen molar-refractivity contribution >= 4 is 11.6 Å². The van der Waals surface area contributed by atoms with Gasteiger partial charge in [-0.3, -0.25) is 9.59 Å². The average Bonchev–Trinajstić information content (AvgIpc) is 2.69. The Kier molecular flexibility index (Phi) is 6.11. The van der Waals surface area contributed by atoms with Crippen LogP contribution < -0.4 is 20.5 Å². The summed E-state index contributed by atoms with van der Waals surface area (Å²) in [5.41, 5.74) is 1.66. The van der Waals surface area contributed by atoms with E-state index in [2.05, 4.69) is 15.3 Å². The van der Waals surface area contributed by atoms with E-state index in [4.69, 9.17) is 4.74 Å². The average molecular weight is 370 g/mol. The van der Waals surface area contributed by atoms with E-state index in [1.165, 1.54) is 4.68 Å². The zero-order valence-electron chi connectivity index (χ0n) is 15.9. The molecular weight excluding hydrogens is 344 g/mol. The predicted octanol–water partition coefficient (Wildman–Crippen LogP) is 1.60. The van der Waals surface area contributed by atoms with Gasteiger partial charge in [0.1, 0.15) is 5.75 Å². The highest BCUT2D eigenvalue weighted by Crippen LogP contribution is 2.20. The zero-order valence-corrected chi connectivity index (χ0v) is 15.9. The molecule has 1 aromatic carbocycles. The molecule has 1 amide bonds. The van der Waals surface area contributed by atoms with Gasteiger partial charge >= 0.3 is 0 Å². The van der Waals surface area contributed by atoms with Crippen molar-refractivity contribution < 1.29 is 9.53 Å². The van der Waals surface area contributed by atoms with Crippen LogP contribution in [0.2, 0.25) is 0 Å². The van der Waals surface area contributed by atoms with E-state index in [-0.39, 0.29) is 17.5 Å². The second-order valence-corrected chi connectivity index (χ2v) is 6.69. The van der Waals surface area contributed by atoms with Crippen molar-refractivity contribution in [2.75, 3.05) is 25.1 Å². The number of methoxy groups -OCH3 is 1. The van der Waals surface area contributed by atoms with Crippen molar-refractivity contribution in [3.63, 3.8) is 0 Å². The molecule has 7 nitrogen and oxygen atoms in total. The van der Waals surface area contributed by atoms with E-state index >= 15 is 0 Å². The smallest absolute Gasteiger partial charge is 0.268 e. The van der Waals surface area contributed by atoms with Crippen molar-refractivity contribution in [1.82, 2.24) is 15.1 Å². The lowest BCUT2D eigenvalue weighted by Gasteiger charge is -2.33. The maximum absolute atomic E-state index is 12.4. The van der Waals surface area contributed by atoms with E-state index in [9.17, 15) is 9.59 Å². The van der Waals surface area contributed by atoms with Gasteiger partial charge in [0.25, 0.3) is 5.56 Å². The summed E-state index contributed by atoms with van der Waals surface area (Å²) in [6.07, 6.45) is 3.73. The van der Waals surface area contributed by atoms with Crippen LogP contribution >= 0.6 is 0 Å². The van der Waals surface area contributed by atoms with Crippen molar-refractivity contribution in [3.05, 3.63) is 52.4 Å². The van der Waals surface area contributed by atoms with Gasteiger partial charge in [-0.15, -0.1) is 0 Å². The molecule has 0 aliphatic carbocycles. The van der Waals surface area contributed by atoms with Crippen LogP contribution in [0, 0.1) is 0 Å². The van der Waals surface area contributed by atoms with Gasteiger partial charge in [0.15, 0.2) is 0 Å². The van der Waals surface area contributed by atoms with E-state index < -0.39 is 0 Å². The van der Waals surface area contributed by atoms with Gasteiger partial charge in [0, 0.05) is 37.3 Å². The molecule has 0 atom stereocenters. The summed E-state index contributed by atoms with van der Waals surface area (Å²) in [7, 11) is 1.61. The number of amides is 1. The van der Waals surface area contributed by atoms with Gasteiger partial charge in [-0.25, -0.2) is 4.68 Å². The van der Waals surface area contributed by atoms with Crippen molar-refractivity contribution in [3.8, 4) is 5.75 Å². The lowest BCUT2D eigenvalue weighted by Crippen LogP contribution is -2.45. The third-order valence-corrected chi connectivity index (χ3v) is 4.92. The number of anilines is 1. The third-order valence-electron chi connectivity index (χ3n) is 4.92. The number of carbonyl (C=O) groups is 1. The number of aryl methyl sites for hydroxylation is 1. The molecule has 3 rings (SSSR count). The number of hydrogen-bond acceptors (Lipinski definition) is 5. The van der Waals surface area contributed by atoms with Gasteiger partial charge in [-0.2, -0.15) is 5.10 Å². The van der Waals surface area contributed by atoms with Gasteiger partial charge in [-0.05, 0) is 25.8 Å². The van der Waals surface area contributed by atoms with Crippen LogP contribution in [0.3, 0.4) is 0 Å². The Morgan fingerprint density at radius 1 is 1.30 bits per heavy atom. The minimum atomic E-state index is -0.0813. The number of rotatable bonds is 6. The van der Waals surface area contributed by atoms with Crippen molar-refractivity contribution in [2.24, 2.45) is 0 Å². The Hall–Kier alpha value is -2.83. The quantitative estimate of drug-likeness (QED) is 0.836. The fraction of sp³-hybridized carbons (Fsp3) is 0.450. The lowest BCUT2D eigenvalue weighted by molar-refractivity contribution is -0.121. The molecule has 1 aliphatic rings.